The topological polar surface area (TPSA) is 42.2 Å². The zero-order valence-electron chi connectivity index (χ0n) is 9.89. The molecule has 0 radical (unpaired) electrons. The number of hydrogen-bond acceptors (Lipinski definition) is 3. The van der Waals surface area contributed by atoms with Gasteiger partial charge in [0.2, 0.25) is 0 Å². The number of fused-ring (bicyclic) bond motifs is 1. The molecule has 1 N–H and O–H groups in total. The standard InChI is InChI=1S/C15H10ClNO2/c16-10-5-7-11(8-6-10)17-13-9-15(18)19-14-4-2-1-3-12(13)14/h1-9,17H. The van der Waals surface area contributed by atoms with Crippen LogP contribution in [0, 0.1) is 0 Å². The van der Waals surface area contributed by atoms with Crippen LogP contribution in [-0.2, 0) is 0 Å². The molecule has 3 nitrogen and oxygen atoms in total. The highest BCUT2D eigenvalue weighted by molar-refractivity contribution is 6.30. The minimum Gasteiger partial charge on any atom is -0.423 e. The average molecular weight is 272 g/mol. The molecule has 94 valence electrons. The van der Waals surface area contributed by atoms with Crippen LogP contribution in [0.3, 0.4) is 0 Å². The van der Waals surface area contributed by atoms with Gasteiger partial charge in [-0.1, -0.05) is 23.7 Å². The second-order valence-corrected chi connectivity index (χ2v) is 4.54. The highest BCUT2D eigenvalue weighted by atomic mass is 35.5. The molecule has 19 heavy (non-hydrogen) atoms. The van der Waals surface area contributed by atoms with E-state index in [1.807, 2.05) is 30.3 Å². The predicted molar refractivity (Wildman–Crippen MR) is 77.2 cm³/mol. The first kappa shape index (κ1) is 11.8. The quantitative estimate of drug-likeness (QED) is 0.711. The van der Waals surface area contributed by atoms with E-state index in [-0.39, 0.29) is 5.63 Å². The molecule has 0 saturated heterocycles. The number of nitrogens with one attached hydrogen (secondary N) is 1. The Labute approximate surface area is 114 Å². The fourth-order valence-corrected chi connectivity index (χ4v) is 2.03. The number of hydrogen-bond donors (Lipinski definition) is 1. The lowest BCUT2D eigenvalue weighted by Gasteiger charge is -2.08. The molecular weight excluding hydrogens is 262 g/mol. The van der Waals surface area contributed by atoms with Crippen LogP contribution in [0.5, 0.6) is 0 Å². The van der Waals surface area contributed by atoms with Crippen LogP contribution >= 0.6 is 11.6 Å². The summed E-state index contributed by atoms with van der Waals surface area (Å²) in [5, 5.41) is 4.72. The van der Waals surface area contributed by atoms with Crippen molar-refractivity contribution < 1.29 is 4.42 Å². The van der Waals surface area contributed by atoms with Gasteiger partial charge in [-0.05, 0) is 36.4 Å². The summed E-state index contributed by atoms with van der Waals surface area (Å²) >= 11 is 5.84. The maximum Gasteiger partial charge on any atom is 0.338 e. The lowest BCUT2D eigenvalue weighted by Crippen LogP contribution is -2.00. The molecular formula is C15H10ClNO2. The SMILES string of the molecule is O=c1cc(Nc2ccc(Cl)cc2)c2ccccc2o1. The minimum atomic E-state index is -0.379. The van der Waals surface area contributed by atoms with Crippen LogP contribution in [0.25, 0.3) is 11.0 Å². The Kier molecular flexibility index (Phi) is 2.97. The summed E-state index contributed by atoms with van der Waals surface area (Å²) in [6.07, 6.45) is 0. The van der Waals surface area contributed by atoms with Crippen LogP contribution < -0.4 is 10.9 Å². The molecule has 3 rings (SSSR count). The third-order valence-corrected chi connectivity index (χ3v) is 3.03. The molecule has 0 bridgehead atoms. The first-order valence-electron chi connectivity index (χ1n) is 5.78. The maximum absolute atomic E-state index is 11.5. The molecule has 0 spiro atoms. The van der Waals surface area contributed by atoms with Gasteiger partial charge in [-0.3, -0.25) is 0 Å². The normalized spacial score (nSPS) is 10.6. The molecule has 0 saturated carbocycles. The highest BCUT2D eigenvalue weighted by Gasteiger charge is 2.05. The smallest absolute Gasteiger partial charge is 0.338 e. The second kappa shape index (κ2) is 4.78. The number of benzene rings is 2. The molecule has 4 heteroatoms. The fourth-order valence-electron chi connectivity index (χ4n) is 1.90. The fraction of sp³-hybridized carbons (Fsp3) is 0. The Morgan fingerprint density at radius 2 is 1.74 bits per heavy atom. The molecule has 2 aromatic carbocycles. The van der Waals surface area contributed by atoms with Crippen molar-refractivity contribution in [3.05, 3.63) is 70.0 Å². The molecule has 3 aromatic rings. The van der Waals surface area contributed by atoms with Gasteiger partial charge in [0.1, 0.15) is 5.58 Å². The van der Waals surface area contributed by atoms with E-state index in [4.69, 9.17) is 16.0 Å². The molecule has 0 amide bonds. The van der Waals surface area contributed by atoms with E-state index in [9.17, 15) is 4.79 Å². The Hall–Kier alpha value is -2.26. The average Bonchev–Trinajstić information content (AvgIpc) is 2.41. The number of para-hydroxylation sites is 1. The van der Waals surface area contributed by atoms with Crippen LogP contribution in [0.4, 0.5) is 11.4 Å². The summed E-state index contributed by atoms with van der Waals surface area (Å²) in [4.78, 5) is 11.5. The van der Waals surface area contributed by atoms with Crippen molar-refractivity contribution in [2.24, 2.45) is 0 Å². The zero-order valence-corrected chi connectivity index (χ0v) is 10.6. The van der Waals surface area contributed by atoms with Gasteiger partial charge in [-0.2, -0.15) is 0 Å². The van der Waals surface area contributed by atoms with Crippen molar-refractivity contribution >= 4 is 33.9 Å². The molecule has 0 aliphatic heterocycles. The van der Waals surface area contributed by atoms with E-state index < -0.39 is 0 Å². The minimum absolute atomic E-state index is 0.379. The van der Waals surface area contributed by atoms with E-state index in [0.717, 1.165) is 11.1 Å². The summed E-state index contributed by atoms with van der Waals surface area (Å²) in [5.74, 6) is 0. The maximum atomic E-state index is 11.5. The van der Waals surface area contributed by atoms with E-state index in [1.165, 1.54) is 6.07 Å². The molecule has 0 aliphatic carbocycles. The van der Waals surface area contributed by atoms with Gasteiger partial charge >= 0.3 is 5.63 Å². The Balaban J connectivity index is 2.09. The largest absolute Gasteiger partial charge is 0.423 e. The molecule has 1 heterocycles. The number of rotatable bonds is 2. The van der Waals surface area contributed by atoms with Gasteiger partial charge in [0.25, 0.3) is 0 Å². The van der Waals surface area contributed by atoms with Crippen molar-refractivity contribution in [1.82, 2.24) is 0 Å². The van der Waals surface area contributed by atoms with E-state index >= 15 is 0 Å². The Bertz CT molecular complexity index is 778. The second-order valence-electron chi connectivity index (χ2n) is 4.11. The van der Waals surface area contributed by atoms with Gasteiger partial charge in [0.05, 0.1) is 5.69 Å². The van der Waals surface area contributed by atoms with Gasteiger partial charge < -0.3 is 9.73 Å². The van der Waals surface area contributed by atoms with Crippen molar-refractivity contribution in [1.29, 1.82) is 0 Å². The zero-order chi connectivity index (χ0) is 13.2. The molecule has 0 unspecified atom stereocenters. The summed E-state index contributed by atoms with van der Waals surface area (Å²) in [6, 6.07) is 16.1. The lowest BCUT2D eigenvalue weighted by molar-refractivity contribution is 0.561. The van der Waals surface area contributed by atoms with Crippen molar-refractivity contribution in [3.8, 4) is 0 Å². The van der Waals surface area contributed by atoms with E-state index in [2.05, 4.69) is 5.32 Å². The van der Waals surface area contributed by atoms with Crippen molar-refractivity contribution in [2.75, 3.05) is 5.32 Å². The van der Waals surface area contributed by atoms with Crippen molar-refractivity contribution in [2.45, 2.75) is 0 Å². The first-order valence-corrected chi connectivity index (χ1v) is 6.16. The molecule has 0 fully saturated rings. The summed E-state index contributed by atoms with van der Waals surface area (Å²) < 4.78 is 5.14. The lowest BCUT2D eigenvalue weighted by atomic mass is 10.2. The van der Waals surface area contributed by atoms with Crippen LogP contribution in [-0.4, -0.2) is 0 Å². The van der Waals surface area contributed by atoms with Crippen molar-refractivity contribution in [3.63, 3.8) is 0 Å². The molecule has 1 aromatic heterocycles. The third-order valence-electron chi connectivity index (χ3n) is 2.77. The van der Waals surface area contributed by atoms with E-state index in [0.29, 0.717) is 16.3 Å². The summed E-state index contributed by atoms with van der Waals surface area (Å²) in [5.41, 5.74) is 1.76. The highest BCUT2D eigenvalue weighted by Crippen LogP contribution is 2.25. The Morgan fingerprint density at radius 1 is 1.00 bits per heavy atom. The van der Waals surface area contributed by atoms with Gasteiger partial charge in [-0.15, -0.1) is 0 Å². The van der Waals surface area contributed by atoms with Crippen LogP contribution in [0.1, 0.15) is 0 Å². The molecule has 0 aliphatic rings. The third kappa shape index (κ3) is 2.46. The first-order chi connectivity index (χ1) is 9.22. The van der Waals surface area contributed by atoms with E-state index in [1.54, 1.807) is 18.2 Å². The molecule has 0 atom stereocenters. The number of anilines is 2. The van der Waals surface area contributed by atoms with Crippen LogP contribution in [0.15, 0.2) is 63.8 Å². The summed E-state index contributed by atoms with van der Waals surface area (Å²) in [6.45, 7) is 0. The Morgan fingerprint density at radius 3 is 2.53 bits per heavy atom. The van der Waals surface area contributed by atoms with Gasteiger partial charge in [0.15, 0.2) is 0 Å². The summed E-state index contributed by atoms with van der Waals surface area (Å²) in [7, 11) is 0. The van der Waals surface area contributed by atoms with Gasteiger partial charge in [-0.25, -0.2) is 4.79 Å². The monoisotopic (exact) mass is 271 g/mol. The van der Waals surface area contributed by atoms with Crippen LogP contribution in [0.2, 0.25) is 5.02 Å². The van der Waals surface area contributed by atoms with Gasteiger partial charge in [0, 0.05) is 22.2 Å². The number of halogens is 1. The predicted octanol–water partition coefficient (Wildman–Crippen LogP) is 4.19.